The summed E-state index contributed by atoms with van der Waals surface area (Å²) >= 11 is 0. The van der Waals surface area contributed by atoms with Crippen LogP contribution < -0.4 is 4.90 Å². The molecule has 0 aliphatic carbocycles. The number of benzene rings is 3. The van der Waals surface area contributed by atoms with Gasteiger partial charge in [0.2, 0.25) is 0 Å². The standard InChI is InChI=1S/C36H31FN6O3/c37-29-7-5-22(18-31-25-3-1-2-4-26(25)33(44)20-39-31)17-28(29)36(45)43-12-10-27-32(21-43)40-34(41-35(27)42-13-15-46-16-14-42)24-6-8-30-23(19-24)9-11-38-30/h1-9,11,17,19,38H,10,12-16,18,20-21H2. The summed E-state index contributed by atoms with van der Waals surface area (Å²) in [6, 6.07) is 20.1. The first-order chi connectivity index (χ1) is 22.5. The first kappa shape index (κ1) is 28.3. The van der Waals surface area contributed by atoms with Gasteiger partial charge in [0, 0.05) is 71.1 Å². The fourth-order valence-corrected chi connectivity index (χ4v) is 6.62. The molecule has 46 heavy (non-hydrogen) atoms. The molecule has 1 amide bonds. The number of carbonyl (C=O) groups excluding carboxylic acids is 2. The maximum absolute atomic E-state index is 15.3. The molecule has 230 valence electrons. The van der Waals surface area contributed by atoms with Crippen LogP contribution in [0.2, 0.25) is 0 Å². The van der Waals surface area contributed by atoms with Crippen molar-refractivity contribution >= 4 is 34.1 Å². The number of rotatable bonds is 5. The van der Waals surface area contributed by atoms with Gasteiger partial charge in [-0.25, -0.2) is 14.4 Å². The molecule has 3 aliphatic heterocycles. The van der Waals surface area contributed by atoms with E-state index in [1.807, 2.05) is 42.6 Å². The van der Waals surface area contributed by atoms with E-state index in [4.69, 9.17) is 14.7 Å². The highest BCUT2D eigenvalue weighted by atomic mass is 19.1. The molecule has 1 N–H and O–H groups in total. The van der Waals surface area contributed by atoms with Gasteiger partial charge in [0.1, 0.15) is 18.2 Å². The zero-order chi connectivity index (χ0) is 31.2. The molecule has 0 spiro atoms. The zero-order valence-corrected chi connectivity index (χ0v) is 25.1. The van der Waals surface area contributed by atoms with Crippen LogP contribution in [0.3, 0.4) is 0 Å². The van der Waals surface area contributed by atoms with Crippen molar-refractivity contribution in [2.75, 3.05) is 44.3 Å². The number of carbonyl (C=O) groups is 2. The number of nitrogens with one attached hydrogen (secondary N) is 1. The first-order valence-electron chi connectivity index (χ1n) is 15.6. The van der Waals surface area contributed by atoms with E-state index in [0.29, 0.717) is 44.0 Å². The van der Waals surface area contributed by atoms with E-state index in [2.05, 4.69) is 20.9 Å². The number of amides is 1. The van der Waals surface area contributed by atoms with Gasteiger partial charge in [0.15, 0.2) is 11.6 Å². The molecule has 0 radical (unpaired) electrons. The maximum Gasteiger partial charge on any atom is 0.257 e. The topological polar surface area (TPSA) is 104 Å². The molecule has 0 atom stereocenters. The van der Waals surface area contributed by atoms with Crippen LogP contribution in [0, 0.1) is 5.82 Å². The van der Waals surface area contributed by atoms with Crippen LogP contribution in [0.1, 0.15) is 43.1 Å². The summed E-state index contributed by atoms with van der Waals surface area (Å²) in [6.07, 6.45) is 2.86. The number of H-pyrrole nitrogens is 1. The number of hydrogen-bond donors (Lipinski definition) is 1. The Balaban J connectivity index is 1.10. The van der Waals surface area contributed by atoms with Crippen LogP contribution >= 0.6 is 0 Å². The van der Waals surface area contributed by atoms with Crippen molar-refractivity contribution in [2.24, 2.45) is 4.99 Å². The van der Waals surface area contributed by atoms with Gasteiger partial charge in [0.25, 0.3) is 5.91 Å². The van der Waals surface area contributed by atoms with E-state index >= 15 is 4.39 Å². The predicted molar refractivity (Wildman–Crippen MR) is 173 cm³/mol. The van der Waals surface area contributed by atoms with Gasteiger partial charge in [0.05, 0.1) is 31.0 Å². The lowest BCUT2D eigenvalue weighted by atomic mass is 9.92. The summed E-state index contributed by atoms with van der Waals surface area (Å²) in [4.78, 5) is 48.0. The number of hydrogen-bond acceptors (Lipinski definition) is 7. The van der Waals surface area contributed by atoms with Crippen LogP contribution in [0.15, 0.2) is 77.9 Å². The van der Waals surface area contributed by atoms with Crippen molar-refractivity contribution in [3.05, 3.63) is 112 Å². The molecular formula is C36H31FN6O3. The van der Waals surface area contributed by atoms with E-state index < -0.39 is 5.82 Å². The highest BCUT2D eigenvalue weighted by Crippen LogP contribution is 2.32. The summed E-state index contributed by atoms with van der Waals surface area (Å²) in [5, 5.41) is 1.06. The molecule has 8 rings (SSSR count). The van der Waals surface area contributed by atoms with Gasteiger partial charge >= 0.3 is 0 Å². The lowest BCUT2D eigenvalue weighted by Crippen LogP contribution is -2.41. The molecular weight excluding hydrogens is 583 g/mol. The molecule has 10 heteroatoms. The number of Topliss-reactive ketones (excluding diaryl/α,β-unsaturated/α-hetero) is 1. The molecule has 3 aromatic carbocycles. The lowest BCUT2D eigenvalue weighted by molar-refractivity contribution is 0.0726. The van der Waals surface area contributed by atoms with E-state index in [9.17, 15) is 9.59 Å². The maximum atomic E-state index is 15.3. The Bertz CT molecular complexity index is 2050. The van der Waals surface area contributed by atoms with E-state index in [-0.39, 0.29) is 30.3 Å². The number of ether oxygens (including phenoxy) is 1. The minimum Gasteiger partial charge on any atom is -0.378 e. The van der Waals surface area contributed by atoms with Crippen molar-refractivity contribution < 1.29 is 18.7 Å². The van der Waals surface area contributed by atoms with E-state index in [1.54, 1.807) is 23.1 Å². The SMILES string of the molecule is O=C1CN=C(Cc2ccc(F)c(C(=O)N3CCc4c(nc(-c5ccc6[nH]ccc6c5)nc4N4CCOCC4)C3)c2)c2ccccc21. The highest BCUT2D eigenvalue weighted by molar-refractivity contribution is 6.15. The van der Waals surface area contributed by atoms with Crippen molar-refractivity contribution in [3.63, 3.8) is 0 Å². The van der Waals surface area contributed by atoms with Crippen molar-refractivity contribution in [2.45, 2.75) is 19.4 Å². The van der Waals surface area contributed by atoms with Crippen LogP contribution in [-0.4, -0.2) is 76.6 Å². The van der Waals surface area contributed by atoms with E-state index in [0.717, 1.165) is 63.5 Å². The number of halogens is 1. The van der Waals surface area contributed by atoms with E-state index in [1.165, 1.54) is 6.07 Å². The van der Waals surface area contributed by atoms with Crippen LogP contribution in [0.4, 0.5) is 10.2 Å². The molecule has 0 bridgehead atoms. The fraction of sp³-hybridized carbons (Fsp3) is 0.250. The zero-order valence-electron chi connectivity index (χ0n) is 25.1. The Morgan fingerprint density at radius 1 is 0.957 bits per heavy atom. The second kappa shape index (κ2) is 11.6. The summed E-state index contributed by atoms with van der Waals surface area (Å²) in [5.74, 6) is 0.502. The molecule has 1 saturated heterocycles. The summed E-state index contributed by atoms with van der Waals surface area (Å²) < 4.78 is 20.9. The van der Waals surface area contributed by atoms with Crippen molar-refractivity contribution in [1.29, 1.82) is 0 Å². The molecule has 2 aromatic heterocycles. The fourth-order valence-electron chi connectivity index (χ4n) is 6.62. The van der Waals surface area contributed by atoms with Crippen molar-refractivity contribution in [3.8, 4) is 11.4 Å². The minimum atomic E-state index is -0.571. The Morgan fingerprint density at radius 3 is 2.67 bits per heavy atom. The molecule has 5 aromatic rings. The van der Waals surface area contributed by atoms with Crippen LogP contribution in [0.25, 0.3) is 22.3 Å². The molecule has 0 saturated carbocycles. The molecule has 1 fully saturated rings. The molecule has 0 unspecified atom stereocenters. The molecule has 3 aliphatic rings. The lowest BCUT2D eigenvalue weighted by Gasteiger charge is -2.34. The third-order valence-electron chi connectivity index (χ3n) is 9.04. The van der Waals surface area contributed by atoms with Crippen LogP contribution in [0.5, 0.6) is 0 Å². The summed E-state index contributed by atoms with van der Waals surface area (Å²) in [7, 11) is 0. The number of aliphatic imine (C=N–C) groups is 1. The van der Waals surface area contributed by atoms with Gasteiger partial charge in [-0.1, -0.05) is 30.3 Å². The number of morpholine rings is 1. The smallest absolute Gasteiger partial charge is 0.257 e. The average Bonchev–Trinajstić information content (AvgIpc) is 3.58. The quantitative estimate of drug-likeness (QED) is 0.298. The third kappa shape index (κ3) is 5.14. The van der Waals surface area contributed by atoms with Gasteiger partial charge < -0.3 is 19.5 Å². The Morgan fingerprint density at radius 2 is 1.80 bits per heavy atom. The Hall–Kier alpha value is -5.22. The number of ketones is 1. The van der Waals surface area contributed by atoms with Gasteiger partial charge in [-0.3, -0.25) is 14.6 Å². The molecule has 9 nitrogen and oxygen atoms in total. The number of anilines is 1. The molecule has 5 heterocycles. The third-order valence-corrected chi connectivity index (χ3v) is 9.04. The average molecular weight is 615 g/mol. The summed E-state index contributed by atoms with van der Waals surface area (Å²) in [6.45, 7) is 3.46. The Labute approximate surface area is 264 Å². The van der Waals surface area contributed by atoms with Gasteiger partial charge in [-0.05, 0) is 48.4 Å². The van der Waals surface area contributed by atoms with Gasteiger partial charge in [-0.2, -0.15) is 0 Å². The van der Waals surface area contributed by atoms with Crippen LogP contribution in [-0.2, 0) is 24.1 Å². The normalized spacial score (nSPS) is 16.3. The Kier molecular flexibility index (Phi) is 7.14. The first-order valence-corrected chi connectivity index (χ1v) is 15.6. The van der Waals surface area contributed by atoms with Crippen molar-refractivity contribution in [1.82, 2.24) is 19.9 Å². The monoisotopic (exact) mass is 614 g/mol. The minimum absolute atomic E-state index is 0.0160. The second-order valence-electron chi connectivity index (χ2n) is 11.9. The predicted octanol–water partition coefficient (Wildman–Crippen LogP) is 5.03. The number of aromatic amines is 1. The second-order valence-corrected chi connectivity index (χ2v) is 11.9. The summed E-state index contributed by atoms with van der Waals surface area (Å²) in [5.41, 5.74) is 6.67. The highest BCUT2D eigenvalue weighted by Gasteiger charge is 2.30. The van der Waals surface area contributed by atoms with Gasteiger partial charge in [-0.15, -0.1) is 0 Å². The number of aromatic nitrogens is 3. The number of nitrogens with zero attached hydrogens (tertiary/aromatic N) is 5. The number of fused-ring (bicyclic) bond motifs is 3. The largest absolute Gasteiger partial charge is 0.378 e.